The lowest BCUT2D eigenvalue weighted by atomic mass is 10.2. The number of rotatable bonds is 3. The maximum absolute atomic E-state index is 12.9. The molecule has 1 N–H and O–H groups in total. The van der Waals surface area contributed by atoms with E-state index in [-0.39, 0.29) is 11.7 Å². The molecule has 1 aromatic rings. The normalized spacial score (nSPS) is 15.1. The number of anilines is 1. The number of hydrogen-bond donors (Lipinski definition) is 1. The Balaban J connectivity index is 1.97. The van der Waals surface area contributed by atoms with Gasteiger partial charge in [-0.2, -0.15) is 0 Å². The van der Waals surface area contributed by atoms with E-state index in [0.717, 1.165) is 12.8 Å². The number of carbonyl (C=O) groups is 1. The van der Waals surface area contributed by atoms with Gasteiger partial charge in [-0.15, -0.1) is 0 Å². The molecule has 0 aliphatic heterocycles. The number of halogens is 1. The van der Waals surface area contributed by atoms with Crippen molar-refractivity contribution in [2.75, 3.05) is 5.32 Å². The van der Waals surface area contributed by atoms with E-state index in [4.69, 9.17) is 0 Å². The van der Waals surface area contributed by atoms with Crippen LogP contribution in [0.3, 0.4) is 0 Å². The number of nitrogens with one attached hydrogen (secondary N) is 1. The van der Waals surface area contributed by atoms with E-state index >= 15 is 0 Å². The van der Waals surface area contributed by atoms with Crippen LogP contribution in [0.4, 0.5) is 10.1 Å². The highest BCUT2D eigenvalue weighted by atomic mass is 19.1. The van der Waals surface area contributed by atoms with E-state index in [1.807, 2.05) is 0 Å². The van der Waals surface area contributed by atoms with Crippen molar-refractivity contribution >= 4 is 11.6 Å². The predicted octanol–water partition coefficient (Wildman–Crippen LogP) is 2.87. The third-order valence-corrected chi connectivity index (χ3v) is 2.61. The fraction of sp³-hybridized carbons (Fsp3) is 0.417. The second kappa shape index (κ2) is 4.01. The molecule has 0 saturated heterocycles. The zero-order valence-corrected chi connectivity index (χ0v) is 8.72. The molecule has 0 bridgehead atoms. The highest BCUT2D eigenvalue weighted by molar-refractivity contribution is 5.91. The van der Waals surface area contributed by atoms with Crippen molar-refractivity contribution in [1.29, 1.82) is 0 Å². The molecule has 1 amide bonds. The molecule has 1 fully saturated rings. The summed E-state index contributed by atoms with van der Waals surface area (Å²) in [6.07, 6.45) is 2.92. The van der Waals surface area contributed by atoms with Crippen molar-refractivity contribution in [3.63, 3.8) is 0 Å². The summed E-state index contributed by atoms with van der Waals surface area (Å²) < 4.78 is 12.9. The van der Waals surface area contributed by atoms with Crippen LogP contribution in [0.5, 0.6) is 0 Å². The van der Waals surface area contributed by atoms with Gasteiger partial charge in [-0.25, -0.2) is 4.39 Å². The molecule has 0 spiro atoms. The van der Waals surface area contributed by atoms with Gasteiger partial charge in [0.2, 0.25) is 5.91 Å². The van der Waals surface area contributed by atoms with Crippen LogP contribution >= 0.6 is 0 Å². The van der Waals surface area contributed by atoms with Crippen LogP contribution in [-0.2, 0) is 4.79 Å². The molecule has 80 valence electrons. The Morgan fingerprint density at radius 1 is 1.53 bits per heavy atom. The van der Waals surface area contributed by atoms with Crippen LogP contribution < -0.4 is 5.32 Å². The second-order valence-electron chi connectivity index (χ2n) is 4.16. The average molecular weight is 207 g/mol. The standard InChI is InChI=1S/C12H14FNO/c1-8-6-10(4-5-11(8)13)14-12(15)7-9-2-3-9/h4-6,9H,2-3,7H2,1H3,(H,14,15). The molecule has 0 unspecified atom stereocenters. The fourth-order valence-corrected chi connectivity index (χ4v) is 1.52. The third-order valence-electron chi connectivity index (χ3n) is 2.61. The molecule has 0 atom stereocenters. The van der Waals surface area contributed by atoms with Crippen LogP contribution in [0.15, 0.2) is 18.2 Å². The topological polar surface area (TPSA) is 29.1 Å². The third kappa shape index (κ3) is 2.78. The van der Waals surface area contributed by atoms with Crippen molar-refractivity contribution in [3.05, 3.63) is 29.6 Å². The Kier molecular flexibility index (Phi) is 2.71. The van der Waals surface area contributed by atoms with Gasteiger partial charge in [0, 0.05) is 12.1 Å². The predicted molar refractivity (Wildman–Crippen MR) is 57.1 cm³/mol. The van der Waals surface area contributed by atoms with Gasteiger partial charge in [-0.05, 0) is 49.4 Å². The highest BCUT2D eigenvalue weighted by Gasteiger charge is 2.24. The lowest BCUT2D eigenvalue weighted by molar-refractivity contribution is -0.116. The molecule has 0 radical (unpaired) electrons. The first kappa shape index (κ1) is 10.1. The molecule has 3 heteroatoms. The zero-order valence-electron chi connectivity index (χ0n) is 8.72. The Labute approximate surface area is 88.5 Å². The Morgan fingerprint density at radius 3 is 2.87 bits per heavy atom. The Morgan fingerprint density at radius 2 is 2.27 bits per heavy atom. The minimum absolute atomic E-state index is 0.0310. The van der Waals surface area contributed by atoms with E-state index in [2.05, 4.69) is 5.32 Å². The van der Waals surface area contributed by atoms with Gasteiger partial charge >= 0.3 is 0 Å². The smallest absolute Gasteiger partial charge is 0.224 e. The van der Waals surface area contributed by atoms with Crippen LogP contribution in [0, 0.1) is 18.7 Å². The molecule has 0 aromatic heterocycles. The first-order chi connectivity index (χ1) is 7.15. The average Bonchev–Trinajstić information content (AvgIpc) is 2.95. The summed E-state index contributed by atoms with van der Waals surface area (Å²) in [6.45, 7) is 1.69. The molecule has 2 nitrogen and oxygen atoms in total. The molecule has 1 aromatic carbocycles. The van der Waals surface area contributed by atoms with Crippen LogP contribution in [0.2, 0.25) is 0 Å². The molecule has 1 aliphatic carbocycles. The van der Waals surface area contributed by atoms with E-state index in [1.54, 1.807) is 19.1 Å². The van der Waals surface area contributed by atoms with Gasteiger partial charge in [0.05, 0.1) is 0 Å². The van der Waals surface area contributed by atoms with Crippen molar-refractivity contribution in [2.24, 2.45) is 5.92 Å². The highest BCUT2D eigenvalue weighted by Crippen LogP contribution is 2.32. The lowest BCUT2D eigenvalue weighted by Gasteiger charge is -2.05. The van der Waals surface area contributed by atoms with Gasteiger partial charge < -0.3 is 5.32 Å². The number of benzene rings is 1. The molecule has 0 heterocycles. The van der Waals surface area contributed by atoms with Gasteiger partial charge in [-0.1, -0.05) is 0 Å². The van der Waals surface area contributed by atoms with Crippen LogP contribution in [0.1, 0.15) is 24.8 Å². The molecule has 2 rings (SSSR count). The van der Waals surface area contributed by atoms with Crippen molar-refractivity contribution in [3.8, 4) is 0 Å². The Hall–Kier alpha value is -1.38. The monoisotopic (exact) mass is 207 g/mol. The van der Waals surface area contributed by atoms with E-state index in [9.17, 15) is 9.18 Å². The molecule has 15 heavy (non-hydrogen) atoms. The summed E-state index contributed by atoms with van der Waals surface area (Å²) in [5.41, 5.74) is 1.23. The van der Waals surface area contributed by atoms with Crippen molar-refractivity contribution < 1.29 is 9.18 Å². The van der Waals surface area contributed by atoms with Gasteiger partial charge in [0.1, 0.15) is 5.82 Å². The Bertz CT molecular complexity index is 385. The first-order valence-corrected chi connectivity index (χ1v) is 5.21. The van der Waals surface area contributed by atoms with Gasteiger partial charge in [-0.3, -0.25) is 4.79 Å². The van der Waals surface area contributed by atoms with Crippen molar-refractivity contribution in [1.82, 2.24) is 0 Å². The summed E-state index contributed by atoms with van der Waals surface area (Å²) in [5, 5.41) is 2.78. The number of amides is 1. The summed E-state index contributed by atoms with van der Waals surface area (Å²) in [7, 11) is 0. The molecule has 1 aliphatic rings. The zero-order chi connectivity index (χ0) is 10.8. The maximum atomic E-state index is 12.9. The minimum atomic E-state index is -0.241. The van der Waals surface area contributed by atoms with Crippen LogP contribution in [-0.4, -0.2) is 5.91 Å². The number of carbonyl (C=O) groups excluding carboxylic acids is 1. The number of aryl methyl sites for hydroxylation is 1. The number of hydrogen-bond acceptors (Lipinski definition) is 1. The minimum Gasteiger partial charge on any atom is -0.326 e. The fourth-order valence-electron chi connectivity index (χ4n) is 1.52. The summed E-state index contributed by atoms with van der Waals surface area (Å²) in [6, 6.07) is 4.62. The van der Waals surface area contributed by atoms with Gasteiger partial charge in [0.15, 0.2) is 0 Å². The van der Waals surface area contributed by atoms with Crippen LogP contribution in [0.25, 0.3) is 0 Å². The quantitative estimate of drug-likeness (QED) is 0.811. The lowest BCUT2D eigenvalue weighted by Crippen LogP contribution is -2.12. The van der Waals surface area contributed by atoms with E-state index in [1.165, 1.54) is 6.07 Å². The van der Waals surface area contributed by atoms with Crippen molar-refractivity contribution in [2.45, 2.75) is 26.2 Å². The summed E-state index contributed by atoms with van der Waals surface area (Å²) in [5.74, 6) is 0.366. The second-order valence-corrected chi connectivity index (χ2v) is 4.16. The van der Waals surface area contributed by atoms with E-state index < -0.39 is 0 Å². The summed E-state index contributed by atoms with van der Waals surface area (Å²) in [4.78, 5) is 11.5. The largest absolute Gasteiger partial charge is 0.326 e. The molecular weight excluding hydrogens is 193 g/mol. The van der Waals surface area contributed by atoms with Gasteiger partial charge in [0.25, 0.3) is 0 Å². The maximum Gasteiger partial charge on any atom is 0.224 e. The molecule has 1 saturated carbocycles. The first-order valence-electron chi connectivity index (χ1n) is 5.21. The summed E-state index contributed by atoms with van der Waals surface area (Å²) >= 11 is 0. The van der Waals surface area contributed by atoms with E-state index in [0.29, 0.717) is 23.6 Å². The SMILES string of the molecule is Cc1cc(NC(=O)CC2CC2)ccc1F. The molecular formula is C12H14FNO.